The van der Waals surface area contributed by atoms with Crippen LogP contribution in [0.4, 0.5) is 5.82 Å². The highest BCUT2D eigenvalue weighted by molar-refractivity contribution is 6.39. The molecule has 5 heteroatoms. The Kier molecular flexibility index (Phi) is 3.31. The lowest BCUT2D eigenvalue weighted by atomic mass is 10.1. The summed E-state index contributed by atoms with van der Waals surface area (Å²) in [6.07, 6.45) is 1.70. The molecule has 2 N–H and O–H groups in total. The molecule has 17 heavy (non-hydrogen) atoms. The average molecular weight is 270 g/mol. The molecule has 2 rings (SSSR count). The van der Waals surface area contributed by atoms with Crippen LogP contribution in [0.2, 0.25) is 10.0 Å². The Morgan fingerprint density at radius 1 is 1.24 bits per heavy atom. The maximum absolute atomic E-state index is 6.14. The standard InChI is InChI=1S/C12H13Cl2N3/c1-7(2)17-6-16-11(12(17)15)10-8(13)4-3-5-9(10)14/h3-7H,15H2,1-2H3. The van der Waals surface area contributed by atoms with Gasteiger partial charge in [-0.05, 0) is 26.0 Å². The molecule has 0 spiro atoms. The van der Waals surface area contributed by atoms with E-state index in [-0.39, 0.29) is 6.04 Å². The highest BCUT2D eigenvalue weighted by Gasteiger charge is 2.16. The molecule has 2 aromatic rings. The quantitative estimate of drug-likeness (QED) is 0.895. The van der Waals surface area contributed by atoms with E-state index in [0.717, 1.165) is 0 Å². The predicted molar refractivity (Wildman–Crippen MR) is 72.5 cm³/mol. The van der Waals surface area contributed by atoms with Crippen LogP contribution in [0.25, 0.3) is 11.3 Å². The molecule has 90 valence electrons. The van der Waals surface area contributed by atoms with Crippen molar-refractivity contribution in [2.45, 2.75) is 19.9 Å². The van der Waals surface area contributed by atoms with E-state index in [2.05, 4.69) is 4.98 Å². The number of aromatic nitrogens is 2. The predicted octanol–water partition coefficient (Wildman–Crippen LogP) is 4.02. The molecule has 0 radical (unpaired) electrons. The van der Waals surface area contributed by atoms with Crippen LogP contribution in [0, 0.1) is 0 Å². The minimum atomic E-state index is 0.248. The molecule has 1 heterocycles. The Bertz CT molecular complexity index is 526. The first-order valence-electron chi connectivity index (χ1n) is 5.29. The number of benzene rings is 1. The molecule has 0 atom stereocenters. The van der Waals surface area contributed by atoms with Crippen LogP contribution in [0.15, 0.2) is 24.5 Å². The lowest BCUT2D eigenvalue weighted by molar-refractivity contribution is 0.607. The molecule has 1 aromatic heterocycles. The largest absolute Gasteiger partial charge is 0.383 e. The zero-order valence-corrected chi connectivity index (χ0v) is 11.1. The van der Waals surface area contributed by atoms with Gasteiger partial charge in [-0.2, -0.15) is 0 Å². The normalized spacial score (nSPS) is 11.1. The highest BCUT2D eigenvalue weighted by Crippen LogP contribution is 2.37. The summed E-state index contributed by atoms with van der Waals surface area (Å²) in [7, 11) is 0. The molecule has 0 fully saturated rings. The molecule has 0 aliphatic heterocycles. The van der Waals surface area contributed by atoms with Crippen molar-refractivity contribution >= 4 is 29.0 Å². The molecule has 1 aromatic carbocycles. The first-order valence-corrected chi connectivity index (χ1v) is 6.04. The Morgan fingerprint density at radius 3 is 2.29 bits per heavy atom. The van der Waals surface area contributed by atoms with Crippen molar-refractivity contribution in [3.63, 3.8) is 0 Å². The Labute approximate surface area is 110 Å². The lowest BCUT2D eigenvalue weighted by Crippen LogP contribution is -2.04. The van der Waals surface area contributed by atoms with Gasteiger partial charge in [0.1, 0.15) is 11.5 Å². The third-order valence-electron chi connectivity index (χ3n) is 2.59. The zero-order chi connectivity index (χ0) is 12.6. The smallest absolute Gasteiger partial charge is 0.131 e. The van der Waals surface area contributed by atoms with Gasteiger partial charge in [-0.1, -0.05) is 29.3 Å². The molecule has 3 nitrogen and oxygen atoms in total. The van der Waals surface area contributed by atoms with Crippen LogP contribution in [0.3, 0.4) is 0 Å². The number of imidazole rings is 1. The maximum Gasteiger partial charge on any atom is 0.131 e. The minimum absolute atomic E-state index is 0.248. The Morgan fingerprint density at radius 2 is 1.82 bits per heavy atom. The molecule has 0 saturated carbocycles. The highest BCUT2D eigenvalue weighted by atomic mass is 35.5. The van der Waals surface area contributed by atoms with Gasteiger partial charge in [-0.15, -0.1) is 0 Å². The van der Waals surface area contributed by atoms with Crippen molar-refractivity contribution in [1.82, 2.24) is 9.55 Å². The SMILES string of the molecule is CC(C)n1cnc(-c2c(Cl)cccc2Cl)c1N. The van der Waals surface area contributed by atoms with Gasteiger partial charge in [0, 0.05) is 11.6 Å². The fourth-order valence-electron chi connectivity index (χ4n) is 1.70. The summed E-state index contributed by atoms with van der Waals surface area (Å²) in [5.74, 6) is 0.579. The van der Waals surface area contributed by atoms with Gasteiger partial charge in [0.2, 0.25) is 0 Å². The fourth-order valence-corrected chi connectivity index (χ4v) is 2.28. The third kappa shape index (κ3) is 2.13. The van der Waals surface area contributed by atoms with Crippen LogP contribution in [0.1, 0.15) is 19.9 Å². The van der Waals surface area contributed by atoms with E-state index in [1.807, 2.05) is 18.4 Å². The third-order valence-corrected chi connectivity index (χ3v) is 3.22. The second-order valence-electron chi connectivity index (χ2n) is 4.08. The molecule has 0 amide bonds. The lowest BCUT2D eigenvalue weighted by Gasteiger charge is -2.10. The van der Waals surface area contributed by atoms with Crippen molar-refractivity contribution in [3.05, 3.63) is 34.6 Å². The number of anilines is 1. The van der Waals surface area contributed by atoms with Crippen LogP contribution in [-0.2, 0) is 0 Å². The fraction of sp³-hybridized carbons (Fsp3) is 0.250. The van der Waals surface area contributed by atoms with Gasteiger partial charge in [0.05, 0.1) is 16.4 Å². The summed E-state index contributed by atoms with van der Waals surface area (Å²) < 4.78 is 1.88. The van der Waals surface area contributed by atoms with E-state index in [9.17, 15) is 0 Å². The van der Waals surface area contributed by atoms with E-state index in [1.165, 1.54) is 0 Å². The second kappa shape index (κ2) is 4.59. The second-order valence-corrected chi connectivity index (χ2v) is 4.89. The molecule has 0 unspecified atom stereocenters. The summed E-state index contributed by atoms with van der Waals surface area (Å²) in [4.78, 5) is 4.30. The first-order chi connectivity index (χ1) is 8.02. The minimum Gasteiger partial charge on any atom is -0.383 e. The van der Waals surface area contributed by atoms with Crippen molar-refractivity contribution < 1.29 is 0 Å². The zero-order valence-electron chi connectivity index (χ0n) is 9.61. The first kappa shape index (κ1) is 12.3. The summed E-state index contributed by atoms with van der Waals surface area (Å²) in [5.41, 5.74) is 7.38. The summed E-state index contributed by atoms with van der Waals surface area (Å²) in [6, 6.07) is 5.59. The summed E-state index contributed by atoms with van der Waals surface area (Å²) >= 11 is 12.3. The molecular formula is C12H13Cl2N3. The van der Waals surface area contributed by atoms with E-state index < -0.39 is 0 Å². The van der Waals surface area contributed by atoms with E-state index in [1.54, 1.807) is 24.5 Å². The maximum atomic E-state index is 6.14. The molecule has 0 saturated heterocycles. The number of nitrogens with zero attached hydrogens (tertiary/aromatic N) is 2. The average Bonchev–Trinajstić information content (AvgIpc) is 2.61. The number of hydrogen-bond donors (Lipinski definition) is 1. The summed E-state index contributed by atoms with van der Waals surface area (Å²) in [5, 5.41) is 1.11. The van der Waals surface area contributed by atoms with Gasteiger partial charge in [0.15, 0.2) is 0 Å². The molecule has 0 aliphatic rings. The summed E-state index contributed by atoms with van der Waals surface area (Å²) in [6.45, 7) is 4.08. The van der Waals surface area contributed by atoms with Crippen LogP contribution >= 0.6 is 23.2 Å². The van der Waals surface area contributed by atoms with Gasteiger partial charge in [-0.25, -0.2) is 4.98 Å². The topological polar surface area (TPSA) is 43.8 Å². The molecular weight excluding hydrogens is 257 g/mol. The number of halogens is 2. The van der Waals surface area contributed by atoms with Gasteiger partial charge < -0.3 is 10.3 Å². The number of nitrogens with two attached hydrogens (primary N) is 1. The number of hydrogen-bond acceptors (Lipinski definition) is 2. The van der Waals surface area contributed by atoms with Crippen molar-refractivity contribution in [1.29, 1.82) is 0 Å². The van der Waals surface area contributed by atoms with Gasteiger partial charge in [0.25, 0.3) is 0 Å². The number of nitrogen functional groups attached to an aromatic ring is 1. The Balaban J connectivity index is 2.62. The van der Waals surface area contributed by atoms with Crippen molar-refractivity contribution in [3.8, 4) is 11.3 Å². The van der Waals surface area contributed by atoms with Crippen molar-refractivity contribution in [2.75, 3.05) is 5.73 Å². The number of rotatable bonds is 2. The molecule has 0 bridgehead atoms. The van der Waals surface area contributed by atoms with Crippen LogP contribution < -0.4 is 5.73 Å². The Hall–Kier alpha value is -1.19. The monoisotopic (exact) mass is 269 g/mol. The van der Waals surface area contributed by atoms with Crippen LogP contribution in [0.5, 0.6) is 0 Å². The van der Waals surface area contributed by atoms with Crippen LogP contribution in [-0.4, -0.2) is 9.55 Å². The van der Waals surface area contributed by atoms with Gasteiger partial charge >= 0.3 is 0 Å². The van der Waals surface area contributed by atoms with E-state index >= 15 is 0 Å². The molecule has 0 aliphatic carbocycles. The van der Waals surface area contributed by atoms with E-state index in [0.29, 0.717) is 27.1 Å². The van der Waals surface area contributed by atoms with Gasteiger partial charge in [-0.3, -0.25) is 0 Å². The van der Waals surface area contributed by atoms with Crippen molar-refractivity contribution in [2.24, 2.45) is 0 Å². The van der Waals surface area contributed by atoms with E-state index in [4.69, 9.17) is 28.9 Å².